The van der Waals surface area contributed by atoms with Gasteiger partial charge < -0.3 is 15.7 Å². The molecule has 1 fully saturated rings. The Morgan fingerprint density at radius 2 is 2.12 bits per heavy atom. The summed E-state index contributed by atoms with van der Waals surface area (Å²) >= 11 is 0. The lowest BCUT2D eigenvalue weighted by atomic mass is 9.94. The van der Waals surface area contributed by atoms with Crippen molar-refractivity contribution in [2.24, 2.45) is 11.7 Å². The Hall–Kier alpha value is -0.900. The average molecular weight is 234 g/mol. The third-order valence-corrected chi connectivity index (χ3v) is 3.63. The van der Waals surface area contributed by atoms with Crippen LogP contribution >= 0.6 is 0 Å². The van der Waals surface area contributed by atoms with Gasteiger partial charge in [0.25, 0.3) is 0 Å². The minimum atomic E-state index is -0.327. The molecule has 1 aromatic rings. The highest BCUT2D eigenvalue weighted by atomic mass is 16.3. The Labute approximate surface area is 103 Å². The Bertz CT molecular complexity index is 350. The fraction of sp³-hybridized carbons (Fsp3) is 0.571. The van der Waals surface area contributed by atoms with E-state index in [2.05, 4.69) is 24.1 Å². The molecular weight excluding hydrogens is 212 g/mol. The van der Waals surface area contributed by atoms with E-state index < -0.39 is 0 Å². The van der Waals surface area contributed by atoms with Gasteiger partial charge in [-0.05, 0) is 44.1 Å². The van der Waals surface area contributed by atoms with E-state index in [1.165, 1.54) is 5.56 Å². The quantitative estimate of drug-likeness (QED) is 0.822. The van der Waals surface area contributed by atoms with Crippen molar-refractivity contribution < 1.29 is 5.11 Å². The van der Waals surface area contributed by atoms with Gasteiger partial charge in [0.15, 0.2) is 0 Å². The molecule has 1 heterocycles. The number of benzene rings is 1. The zero-order valence-electron chi connectivity index (χ0n) is 10.5. The number of aliphatic hydroxyl groups is 1. The molecule has 3 heteroatoms. The van der Waals surface area contributed by atoms with E-state index in [-0.39, 0.29) is 6.10 Å². The molecular formula is C14H22N2O. The van der Waals surface area contributed by atoms with Crippen molar-refractivity contribution in [2.75, 3.05) is 26.7 Å². The Kier molecular flexibility index (Phi) is 4.15. The maximum Gasteiger partial charge on any atom is 0.0830 e. The van der Waals surface area contributed by atoms with Crippen molar-refractivity contribution in [2.45, 2.75) is 18.9 Å². The standard InChI is InChI=1S/C14H22N2O/c1-16-9-7-13(10-16)14(17)12-4-2-11(3-5-12)6-8-15/h2-5,13-14,17H,6-10,15H2,1H3. The minimum Gasteiger partial charge on any atom is -0.388 e. The lowest BCUT2D eigenvalue weighted by Gasteiger charge is -2.18. The van der Waals surface area contributed by atoms with Crippen molar-refractivity contribution in [3.63, 3.8) is 0 Å². The fourth-order valence-electron chi connectivity index (χ4n) is 2.55. The first-order valence-electron chi connectivity index (χ1n) is 6.36. The van der Waals surface area contributed by atoms with Crippen molar-refractivity contribution in [3.05, 3.63) is 35.4 Å². The number of nitrogens with two attached hydrogens (primary N) is 1. The Morgan fingerprint density at radius 3 is 2.65 bits per heavy atom. The van der Waals surface area contributed by atoms with Crippen LogP contribution < -0.4 is 5.73 Å². The van der Waals surface area contributed by atoms with E-state index in [1.54, 1.807) is 0 Å². The third kappa shape index (κ3) is 3.06. The van der Waals surface area contributed by atoms with Gasteiger partial charge >= 0.3 is 0 Å². The largest absolute Gasteiger partial charge is 0.388 e. The molecule has 1 saturated heterocycles. The first-order valence-corrected chi connectivity index (χ1v) is 6.36. The summed E-state index contributed by atoms with van der Waals surface area (Å²) in [6.45, 7) is 2.76. The first kappa shape index (κ1) is 12.6. The van der Waals surface area contributed by atoms with E-state index >= 15 is 0 Å². The smallest absolute Gasteiger partial charge is 0.0830 e. The molecule has 0 radical (unpaired) electrons. The van der Waals surface area contributed by atoms with Crippen LogP contribution in [0.3, 0.4) is 0 Å². The molecule has 2 unspecified atom stereocenters. The Balaban J connectivity index is 2.01. The second kappa shape index (κ2) is 5.63. The maximum absolute atomic E-state index is 10.3. The molecule has 3 nitrogen and oxygen atoms in total. The highest BCUT2D eigenvalue weighted by Crippen LogP contribution is 2.29. The second-order valence-electron chi connectivity index (χ2n) is 5.04. The number of nitrogens with zero attached hydrogens (tertiary/aromatic N) is 1. The van der Waals surface area contributed by atoms with Gasteiger partial charge in [0.1, 0.15) is 0 Å². The van der Waals surface area contributed by atoms with Gasteiger partial charge in [0.2, 0.25) is 0 Å². The number of hydrogen-bond donors (Lipinski definition) is 2. The zero-order chi connectivity index (χ0) is 12.3. The predicted molar refractivity (Wildman–Crippen MR) is 69.8 cm³/mol. The summed E-state index contributed by atoms with van der Waals surface area (Å²) in [4.78, 5) is 2.27. The minimum absolute atomic E-state index is 0.327. The molecule has 1 aliphatic rings. The SMILES string of the molecule is CN1CCC(C(O)c2ccc(CCN)cc2)C1. The maximum atomic E-state index is 10.3. The molecule has 1 aliphatic heterocycles. The van der Waals surface area contributed by atoms with Crippen molar-refractivity contribution in [3.8, 4) is 0 Å². The van der Waals surface area contributed by atoms with E-state index in [1.807, 2.05) is 12.1 Å². The highest BCUT2D eigenvalue weighted by molar-refractivity contribution is 5.25. The van der Waals surface area contributed by atoms with Crippen LogP contribution in [0.25, 0.3) is 0 Å². The van der Waals surface area contributed by atoms with Crippen LogP contribution in [0.1, 0.15) is 23.7 Å². The first-order chi connectivity index (χ1) is 8.20. The van der Waals surface area contributed by atoms with E-state index in [0.29, 0.717) is 12.5 Å². The molecule has 0 bridgehead atoms. The van der Waals surface area contributed by atoms with Gasteiger partial charge in [-0.15, -0.1) is 0 Å². The van der Waals surface area contributed by atoms with Gasteiger partial charge in [-0.3, -0.25) is 0 Å². The van der Waals surface area contributed by atoms with Gasteiger partial charge in [-0.2, -0.15) is 0 Å². The van der Waals surface area contributed by atoms with E-state index in [4.69, 9.17) is 5.73 Å². The van der Waals surface area contributed by atoms with Crippen LogP contribution in [-0.2, 0) is 6.42 Å². The van der Waals surface area contributed by atoms with Crippen LogP contribution in [0.15, 0.2) is 24.3 Å². The van der Waals surface area contributed by atoms with Gasteiger partial charge in [0.05, 0.1) is 6.10 Å². The lowest BCUT2D eigenvalue weighted by molar-refractivity contribution is 0.113. The molecule has 1 aromatic carbocycles. The summed E-state index contributed by atoms with van der Waals surface area (Å²) in [5.41, 5.74) is 7.79. The van der Waals surface area contributed by atoms with Crippen molar-refractivity contribution >= 4 is 0 Å². The average Bonchev–Trinajstić information content (AvgIpc) is 2.76. The van der Waals surface area contributed by atoms with Gasteiger partial charge in [-0.25, -0.2) is 0 Å². The van der Waals surface area contributed by atoms with Crippen LogP contribution in [0.4, 0.5) is 0 Å². The van der Waals surface area contributed by atoms with Crippen LogP contribution in [0.2, 0.25) is 0 Å². The fourth-order valence-corrected chi connectivity index (χ4v) is 2.55. The molecule has 0 aliphatic carbocycles. The molecule has 94 valence electrons. The summed E-state index contributed by atoms with van der Waals surface area (Å²) in [5.74, 6) is 0.375. The van der Waals surface area contributed by atoms with E-state index in [0.717, 1.165) is 31.5 Å². The van der Waals surface area contributed by atoms with Crippen LogP contribution in [0.5, 0.6) is 0 Å². The second-order valence-corrected chi connectivity index (χ2v) is 5.04. The normalized spacial score (nSPS) is 22.9. The van der Waals surface area contributed by atoms with Crippen LogP contribution in [0, 0.1) is 5.92 Å². The molecule has 0 spiro atoms. The van der Waals surface area contributed by atoms with Gasteiger partial charge in [0, 0.05) is 12.5 Å². The molecule has 2 atom stereocenters. The topological polar surface area (TPSA) is 49.5 Å². The molecule has 17 heavy (non-hydrogen) atoms. The van der Waals surface area contributed by atoms with Gasteiger partial charge in [-0.1, -0.05) is 24.3 Å². The third-order valence-electron chi connectivity index (χ3n) is 3.63. The molecule has 2 rings (SSSR count). The highest BCUT2D eigenvalue weighted by Gasteiger charge is 2.27. The molecule has 0 saturated carbocycles. The molecule has 0 amide bonds. The number of likely N-dealkylation sites (tertiary alicyclic amines) is 1. The summed E-state index contributed by atoms with van der Waals surface area (Å²) in [6, 6.07) is 8.22. The van der Waals surface area contributed by atoms with Crippen molar-refractivity contribution in [1.82, 2.24) is 4.90 Å². The summed E-state index contributed by atoms with van der Waals surface area (Å²) in [6.07, 6.45) is 1.66. The number of hydrogen-bond acceptors (Lipinski definition) is 3. The predicted octanol–water partition coefficient (Wildman–Crippen LogP) is 1.17. The number of aliphatic hydroxyl groups excluding tert-OH is 1. The zero-order valence-corrected chi connectivity index (χ0v) is 10.5. The monoisotopic (exact) mass is 234 g/mol. The molecule has 0 aromatic heterocycles. The number of rotatable bonds is 4. The summed E-state index contributed by atoms with van der Waals surface area (Å²) in [7, 11) is 2.11. The van der Waals surface area contributed by atoms with E-state index in [9.17, 15) is 5.11 Å². The van der Waals surface area contributed by atoms with Crippen molar-refractivity contribution in [1.29, 1.82) is 0 Å². The summed E-state index contributed by atoms with van der Waals surface area (Å²) in [5, 5.41) is 10.3. The molecule has 3 N–H and O–H groups in total. The lowest BCUT2D eigenvalue weighted by Crippen LogP contribution is -2.18. The Morgan fingerprint density at radius 1 is 1.41 bits per heavy atom. The van der Waals surface area contributed by atoms with Crippen LogP contribution in [-0.4, -0.2) is 36.7 Å². The summed E-state index contributed by atoms with van der Waals surface area (Å²) < 4.78 is 0.